The van der Waals surface area contributed by atoms with E-state index in [-0.39, 0.29) is 41.5 Å². The summed E-state index contributed by atoms with van der Waals surface area (Å²) in [4.78, 5) is 4.39. The van der Waals surface area contributed by atoms with Crippen LogP contribution >= 0.6 is 35.7 Å². The van der Waals surface area contributed by atoms with Crippen molar-refractivity contribution in [1.29, 1.82) is 0 Å². The lowest BCUT2D eigenvalue weighted by Gasteiger charge is -2.15. The molecule has 8 heteroatoms. The van der Waals surface area contributed by atoms with Crippen molar-refractivity contribution in [1.82, 2.24) is 10.6 Å². The first kappa shape index (κ1) is 18.3. The predicted octanol–water partition coefficient (Wildman–Crippen LogP) is 0.710. The minimum Gasteiger partial charge on any atom is -0.357 e. The molecular weight excluding hydrogens is 385 g/mol. The summed E-state index contributed by atoms with van der Waals surface area (Å²) >= 11 is 1.75. The molecule has 108 valence electrons. The number of nitrogens with one attached hydrogen (secondary N) is 2. The van der Waals surface area contributed by atoms with Gasteiger partial charge < -0.3 is 10.6 Å². The van der Waals surface area contributed by atoms with E-state index in [0.717, 1.165) is 24.8 Å². The van der Waals surface area contributed by atoms with Gasteiger partial charge in [-0.2, -0.15) is 11.8 Å². The molecule has 0 spiro atoms. The highest BCUT2D eigenvalue weighted by Gasteiger charge is 2.28. The molecule has 0 radical (unpaired) electrons. The van der Waals surface area contributed by atoms with E-state index in [1.165, 1.54) is 0 Å². The fourth-order valence-electron chi connectivity index (χ4n) is 1.67. The van der Waals surface area contributed by atoms with Gasteiger partial charge in [0.15, 0.2) is 15.8 Å². The van der Waals surface area contributed by atoms with E-state index >= 15 is 0 Å². The highest BCUT2D eigenvalue weighted by atomic mass is 127. The number of halogens is 1. The van der Waals surface area contributed by atoms with Crippen LogP contribution in [0.2, 0.25) is 0 Å². The van der Waals surface area contributed by atoms with Gasteiger partial charge in [0.25, 0.3) is 0 Å². The van der Waals surface area contributed by atoms with E-state index in [1.54, 1.807) is 11.8 Å². The second-order valence-electron chi connectivity index (χ2n) is 4.00. The minimum absolute atomic E-state index is 0. The van der Waals surface area contributed by atoms with Crippen molar-refractivity contribution in [3.05, 3.63) is 0 Å². The summed E-state index contributed by atoms with van der Waals surface area (Å²) in [6, 6.07) is 0.00656. The van der Waals surface area contributed by atoms with Crippen LogP contribution < -0.4 is 10.6 Å². The third kappa shape index (κ3) is 7.03. The summed E-state index contributed by atoms with van der Waals surface area (Å²) in [5.74, 6) is 2.21. The molecule has 1 atom stereocenters. The zero-order valence-corrected chi connectivity index (χ0v) is 14.8. The van der Waals surface area contributed by atoms with E-state index in [1.807, 2.05) is 13.2 Å². The van der Waals surface area contributed by atoms with Crippen LogP contribution in [0.15, 0.2) is 4.99 Å². The molecular formula is C10H22IN3O2S2. The van der Waals surface area contributed by atoms with Gasteiger partial charge in [-0.1, -0.05) is 0 Å². The minimum atomic E-state index is -2.83. The molecule has 0 aliphatic carbocycles. The molecule has 18 heavy (non-hydrogen) atoms. The first-order valence-corrected chi connectivity index (χ1v) is 9.03. The number of hydrogen-bond acceptors (Lipinski definition) is 4. The van der Waals surface area contributed by atoms with Crippen LogP contribution in [0.5, 0.6) is 0 Å². The van der Waals surface area contributed by atoms with E-state index in [4.69, 9.17) is 0 Å². The molecule has 1 rings (SSSR count). The first-order chi connectivity index (χ1) is 8.07. The fraction of sp³-hybridized carbons (Fsp3) is 0.900. The smallest absolute Gasteiger partial charge is 0.191 e. The number of guanidine groups is 1. The topological polar surface area (TPSA) is 70.6 Å². The molecule has 2 N–H and O–H groups in total. The molecule has 1 aliphatic rings. The molecule has 0 aromatic heterocycles. The highest BCUT2D eigenvalue weighted by molar-refractivity contribution is 14.0. The Morgan fingerprint density at radius 3 is 2.72 bits per heavy atom. The van der Waals surface area contributed by atoms with Crippen molar-refractivity contribution >= 4 is 51.5 Å². The molecule has 1 saturated heterocycles. The summed E-state index contributed by atoms with van der Waals surface area (Å²) in [6.45, 7) is 3.53. The van der Waals surface area contributed by atoms with Crippen LogP contribution in [-0.4, -0.2) is 57.0 Å². The maximum Gasteiger partial charge on any atom is 0.191 e. The summed E-state index contributed by atoms with van der Waals surface area (Å²) in [7, 11) is -2.83. The lowest BCUT2D eigenvalue weighted by atomic mass is 10.3. The van der Waals surface area contributed by atoms with Crippen LogP contribution in [0.1, 0.15) is 13.3 Å². The maximum absolute atomic E-state index is 11.3. The lowest BCUT2D eigenvalue weighted by molar-refractivity contribution is 0.599. The predicted molar refractivity (Wildman–Crippen MR) is 90.0 cm³/mol. The Balaban J connectivity index is 0.00000289. The normalized spacial score (nSPS) is 22.3. The Labute approximate surface area is 131 Å². The number of nitrogens with zero attached hydrogens (tertiary/aromatic N) is 1. The van der Waals surface area contributed by atoms with Crippen LogP contribution in [0.25, 0.3) is 0 Å². The average Bonchev–Trinajstić information content (AvgIpc) is 2.59. The van der Waals surface area contributed by atoms with Crippen molar-refractivity contribution < 1.29 is 8.42 Å². The molecule has 1 fully saturated rings. The van der Waals surface area contributed by atoms with E-state index in [2.05, 4.69) is 15.6 Å². The van der Waals surface area contributed by atoms with Gasteiger partial charge in [0, 0.05) is 18.3 Å². The Hall–Kier alpha value is 0.300. The van der Waals surface area contributed by atoms with Crippen molar-refractivity contribution in [2.75, 3.05) is 36.6 Å². The Morgan fingerprint density at radius 1 is 1.50 bits per heavy atom. The average molecular weight is 407 g/mol. The van der Waals surface area contributed by atoms with Gasteiger partial charge in [-0.15, -0.1) is 24.0 Å². The van der Waals surface area contributed by atoms with Gasteiger partial charge in [0.1, 0.15) is 0 Å². The quantitative estimate of drug-likeness (QED) is 0.304. The fourth-order valence-corrected chi connectivity index (χ4v) is 3.62. The van der Waals surface area contributed by atoms with Crippen LogP contribution in [-0.2, 0) is 9.84 Å². The lowest BCUT2D eigenvalue weighted by Crippen LogP contribution is -2.44. The van der Waals surface area contributed by atoms with E-state index < -0.39 is 9.84 Å². The summed E-state index contributed by atoms with van der Waals surface area (Å²) in [6.07, 6.45) is 2.72. The SMILES string of the molecule is CCNC(=NCCSC)NC1CCS(=O)(=O)C1.I. The number of rotatable bonds is 5. The van der Waals surface area contributed by atoms with Crippen LogP contribution in [0.3, 0.4) is 0 Å². The number of hydrogen-bond donors (Lipinski definition) is 2. The van der Waals surface area contributed by atoms with Gasteiger partial charge in [-0.3, -0.25) is 4.99 Å². The number of thioether (sulfide) groups is 1. The third-order valence-electron chi connectivity index (χ3n) is 2.48. The van der Waals surface area contributed by atoms with Gasteiger partial charge in [0.05, 0.1) is 18.1 Å². The molecule has 0 saturated carbocycles. The van der Waals surface area contributed by atoms with Crippen LogP contribution in [0, 0.1) is 0 Å². The Bertz CT molecular complexity index is 360. The van der Waals surface area contributed by atoms with Crippen molar-refractivity contribution in [3.63, 3.8) is 0 Å². The van der Waals surface area contributed by atoms with Gasteiger partial charge in [-0.05, 0) is 19.6 Å². The number of aliphatic imine (C=N–C) groups is 1. The van der Waals surface area contributed by atoms with Crippen molar-refractivity contribution in [2.24, 2.45) is 4.99 Å². The van der Waals surface area contributed by atoms with Gasteiger partial charge in [-0.25, -0.2) is 8.42 Å². The largest absolute Gasteiger partial charge is 0.357 e. The van der Waals surface area contributed by atoms with Crippen molar-refractivity contribution in [3.8, 4) is 0 Å². The summed E-state index contributed by atoms with van der Waals surface area (Å²) in [5, 5.41) is 6.31. The molecule has 1 heterocycles. The molecule has 0 bridgehead atoms. The van der Waals surface area contributed by atoms with E-state index in [0.29, 0.717) is 6.42 Å². The summed E-state index contributed by atoms with van der Waals surface area (Å²) < 4.78 is 22.7. The second kappa shape index (κ2) is 9.24. The Morgan fingerprint density at radius 2 is 2.22 bits per heavy atom. The molecule has 0 aromatic rings. The van der Waals surface area contributed by atoms with Crippen LogP contribution in [0.4, 0.5) is 0 Å². The second-order valence-corrected chi connectivity index (χ2v) is 7.21. The van der Waals surface area contributed by atoms with Crippen molar-refractivity contribution in [2.45, 2.75) is 19.4 Å². The monoisotopic (exact) mass is 407 g/mol. The zero-order chi connectivity index (χ0) is 12.7. The summed E-state index contributed by atoms with van der Waals surface area (Å²) in [5.41, 5.74) is 0. The molecule has 1 aliphatic heterocycles. The molecule has 1 unspecified atom stereocenters. The molecule has 0 aromatic carbocycles. The van der Waals surface area contributed by atoms with Gasteiger partial charge >= 0.3 is 0 Å². The zero-order valence-electron chi connectivity index (χ0n) is 10.8. The molecule has 0 amide bonds. The first-order valence-electron chi connectivity index (χ1n) is 5.81. The third-order valence-corrected chi connectivity index (χ3v) is 4.84. The van der Waals surface area contributed by atoms with Gasteiger partial charge in [0.2, 0.25) is 0 Å². The number of sulfone groups is 1. The highest BCUT2D eigenvalue weighted by Crippen LogP contribution is 2.10. The molecule has 5 nitrogen and oxygen atoms in total. The maximum atomic E-state index is 11.3. The standard InChI is InChI=1S/C10H21N3O2S2.HI/c1-3-11-10(12-5-6-16-2)13-9-4-7-17(14,15)8-9;/h9H,3-8H2,1-2H3,(H2,11,12,13);1H. The van der Waals surface area contributed by atoms with E-state index in [9.17, 15) is 8.42 Å². The Kier molecular flexibility index (Phi) is 9.40.